The fourth-order valence-electron chi connectivity index (χ4n) is 1.71. The minimum atomic E-state index is -4.47. The lowest BCUT2D eigenvalue weighted by Crippen LogP contribution is -2.43. The van der Waals surface area contributed by atoms with Crippen LogP contribution in [0.3, 0.4) is 0 Å². The molecule has 9 heteroatoms. The summed E-state index contributed by atoms with van der Waals surface area (Å²) in [4.78, 5) is 11.8. The van der Waals surface area contributed by atoms with Crippen molar-refractivity contribution >= 4 is 28.9 Å². The number of amides is 1. The van der Waals surface area contributed by atoms with Crippen LogP contribution in [0.2, 0.25) is 0 Å². The minimum absolute atomic E-state index is 0.00388. The average Bonchev–Trinajstić information content (AvgIpc) is 2.54. The first kappa shape index (κ1) is 17.7. The summed E-state index contributed by atoms with van der Waals surface area (Å²) in [5.74, 6) is -1.22. The van der Waals surface area contributed by atoms with Gasteiger partial charge in [0.15, 0.2) is 5.11 Å². The van der Waals surface area contributed by atoms with Gasteiger partial charge in [0.05, 0.1) is 11.3 Å². The van der Waals surface area contributed by atoms with Gasteiger partial charge in [0.25, 0.3) is 5.91 Å². The van der Waals surface area contributed by atoms with E-state index in [4.69, 9.17) is 12.2 Å². The van der Waals surface area contributed by atoms with Crippen LogP contribution >= 0.6 is 12.2 Å². The summed E-state index contributed by atoms with van der Waals surface area (Å²) in [6, 6.07) is 9.43. The minimum Gasteiger partial charge on any atom is -0.329 e. The van der Waals surface area contributed by atoms with Crippen molar-refractivity contribution in [3.05, 3.63) is 65.5 Å². The molecule has 0 saturated carbocycles. The molecule has 0 bridgehead atoms. The van der Waals surface area contributed by atoms with E-state index < -0.39 is 23.5 Å². The quantitative estimate of drug-likeness (QED) is 0.438. The average molecular weight is 357 g/mol. The number of benzene rings is 2. The predicted molar refractivity (Wildman–Crippen MR) is 84.7 cm³/mol. The van der Waals surface area contributed by atoms with Crippen molar-refractivity contribution in [2.45, 2.75) is 6.18 Å². The maximum Gasteiger partial charge on any atom is 0.416 e. The summed E-state index contributed by atoms with van der Waals surface area (Å²) in [6.07, 6.45) is -4.47. The number of para-hydroxylation sites is 1. The third-order valence-electron chi connectivity index (χ3n) is 2.89. The van der Waals surface area contributed by atoms with Gasteiger partial charge in [-0.1, -0.05) is 12.1 Å². The van der Waals surface area contributed by atoms with E-state index in [1.165, 1.54) is 18.2 Å². The first-order valence-corrected chi connectivity index (χ1v) is 6.97. The summed E-state index contributed by atoms with van der Waals surface area (Å²) < 4.78 is 50.8. The van der Waals surface area contributed by atoms with Gasteiger partial charge in [0.1, 0.15) is 5.82 Å². The Morgan fingerprint density at radius 3 is 2.17 bits per heavy atom. The van der Waals surface area contributed by atoms with E-state index in [-0.39, 0.29) is 16.4 Å². The van der Waals surface area contributed by atoms with Crippen LogP contribution in [0.25, 0.3) is 0 Å². The molecule has 0 aliphatic rings. The number of anilines is 1. The number of alkyl halides is 3. The number of carbonyl (C=O) groups is 1. The highest BCUT2D eigenvalue weighted by Crippen LogP contribution is 2.29. The van der Waals surface area contributed by atoms with Crippen molar-refractivity contribution in [3.8, 4) is 0 Å². The molecule has 0 aliphatic heterocycles. The Morgan fingerprint density at radius 2 is 1.58 bits per heavy atom. The lowest BCUT2D eigenvalue weighted by atomic mass is 10.1. The number of halogens is 4. The van der Waals surface area contributed by atoms with Gasteiger partial charge >= 0.3 is 6.18 Å². The van der Waals surface area contributed by atoms with Crippen LogP contribution in [0.5, 0.6) is 0 Å². The zero-order valence-electron chi connectivity index (χ0n) is 11.9. The predicted octanol–water partition coefficient (Wildman–Crippen LogP) is 3.48. The lowest BCUT2D eigenvalue weighted by Gasteiger charge is -2.12. The molecular formula is C15H11F4N3OS. The summed E-state index contributed by atoms with van der Waals surface area (Å²) in [7, 11) is 0. The molecule has 0 spiro atoms. The molecule has 126 valence electrons. The van der Waals surface area contributed by atoms with Crippen LogP contribution in [0.1, 0.15) is 15.9 Å². The maximum absolute atomic E-state index is 13.4. The van der Waals surface area contributed by atoms with E-state index in [0.717, 1.165) is 24.3 Å². The molecular weight excluding hydrogens is 346 g/mol. The molecule has 3 N–H and O–H groups in total. The second kappa shape index (κ2) is 7.26. The van der Waals surface area contributed by atoms with Crippen molar-refractivity contribution in [3.63, 3.8) is 0 Å². The van der Waals surface area contributed by atoms with Gasteiger partial charge in [-0.25, -0.2) is 4.39 Å². The second-order valence-corrected chi connectivity index (χ2v) is 5.00. The van der Waals surface area contributed by atoms with Crippen LogP contribution in [0.15, 0.2) is 48.5 Å². The van der Waals surface area contributed by atoms with Gasteiger partial charge in [-0.05, 0) is 48.6 Å². The Hall–Kier alpha value is -2.68. The van der Waals surface area contributed by atoms with E-state index in [2.05, 4.69) is 16.2 Å². The van der Waals surface area contributed by atoms with Crippen LogP contribution in [-0.4, -0.2) is 11.0 Å². The number of carbonyl (C=O) groups excluding carboxylic acids is 1. The van der Waals surface area contributed by atoms with Crippen molar-refractivity contribution in [1.29, 1.82) is 0 Å². The first-order valence-electron chi connectivity index (χ1n) is 6.56. The highest BCUT2D eigenvalue weighted by Gasteiger charge is 2.30. The molecule has 0 aliphatic carbocycles. The van der Waals surface area contributed by atoms with E-state index in [1.54, 1.807) is 6.07 Å². The molecule has 24 heavy (non-hydrogen) atoms. The molecule has 4 nitrogen and oxygen atoms in total. The standard InChI is InChI=1S/C15H11F4N3OS/c16-11-3-1-2-4-12(11)20-14(24)22-21-13(23)9-5-7-10(8-6-9)15(17,18)19/h1-8H,(H,21,23)(H2,20,22,24). The van der Waals surface area contributed by atoms with Crippen LogP contribution in [0.4, 0.5) is 23.2 Å². The van der Waals surface area contributed by atoms with Crippen LogP contribution < -0.4 is 16.2 Å². The number of hydrazine groups is 1. The van der Waals surface area contributed by atoms with E-state index in [9.17, 15) is 22.4 Å². The Morgan fingerprint density at radius 1 is 0.958 bits per heavy atom. The Labute approximate surface area is 139 Å². The van der Waals surface area contributed by atoms with E-state index in [1.807, 2.05) is 0 Å². The Kier molecular flexibility index (Phi) is 5.35. The zero-order chi connectivity index (χ0) is 17.7. The normalized spacial score (nSPS) is 10.8. The topological polar surface area (TPSA) is 53.2 Å². The Balaban J connectivity index is 1.91. The van der Waals surface area contributed by atoms with Gasteiger partial charge in [-0.2, -0.15) is 13.2 Å². The van der Waals surface area contributed by atoms with Crippen molar-refractivity contribution < 1.29 is 22.4 Å². The SMILES string of the molecule is O=C(NNC(=S)Nc1ccccc1F)c1ccc(C(F)(F)F)cc1. The van der Waals surface area contributed by atoms with Gasteiger partial charge < -0.3 is 5.32 Å². The monoisotopic (exact) mass is 357 g/mol. The van der Waals surface area contributed by atoms with E-state index >= 15 is 0 Å². The molecule has 0 saturated heterocycles. The highest BCUT2D eigenvalue weighted by atomic mass is 32.1. The fraction of sp³-hybridized carbons (Fsp3) is 0.0667. The molecule has 2 aromatic rings. The number of hydrogen-bond acceptors (Lipinski definition) is 2. The molecule has 2 aromatic carbocycles. The molecule has 0 unspecified atom stereocenters. The molecule has 0 heterocycles. The fourth-order valence-corrected chi connectivity index (χ4v) is 1.87. The molecule has 0 aromatic heterocycles. The van der Waals surface area contributed by atoms with Gasteiger partial charge in [-0.15, -0.1) is 0 Å². The van der Waals surface area contributed by atoms with Gasteiger partial charge in [0.2, 0.25) is 0 Å². The molecule has 0 fully saturated rings. The number of thiocarbonyl (C=S) groups is 1. The highest BCUT2D eigenvalue weighted by molar-refractivity contribution is 7.80. The van der Waals surface area contributed by atoms with Crippen LogP contribution in [-0.2, 0) is 6.18 Å². The summed E-state index contributed by atoms with van der Waals surface area (Å²) in [5.41, 5.74) is 3.79. The largest absolute Gasteiger partial charge is 0.416 e. The third kappa shape index (κ3) is 4.66. The molecule has 0 atom stereocenters. The summed E-state index contributed by atoms with van der Waals surface area (Å²) in [5, 5.41) is 2.44. The first-order chi connectivity index (χ1) is 11.3. The van der Waals surface area contributed by atoms with Gasteiger partial charge in [0, 0.05) is 5.56 Å². The summed E-state index contributed by atoms with van der Waals surface area (Å²) >= 11 is 4.88. The molecule has 2 rings (SSSR count). The lowest BCUT2D eigenvalue weighted by molar-refractivity contribution is -0.137. The smallest absolute Gasteiger partial charge is 0.329 e. The third-order valence-corrected chi connectivity index (χ3v) is 3.09. The van der Waals surface area contributed by atoms with Crippen LogP contribution in [0, 0.1) is 5.82 Å². The van der Waals surface area contributed by atoms with Crippen molar-refractivity contribution in [1.82, 2.24) is 10.9 Å². The number of hydrogen-bond donors (Lipinski definition) is 3. The van der Waals surface area contributed by atoms with Crippen molar-refractivity contribution in [2.75, 3.05) is 5.32 Å². The molecule has 0 radical (unpaired) electrons. The van der Waals surface area contributed by atoms with Gasteiger partial charge in [-0.3, -0.25) is 15.6 Å². The maximum atomic E-state index is 13.4. The van der Waals surface area contributed by atoms with Crippen molar-refractivity contribution in [2.24, 2.45) is 0 Å². The zero-order valence-corrected chi connectivity index (χ0v) is 12.8. The summed E-state index contributed by atoms with van der Waals surface area (Å²) in [6.45, 7) is 0. The molecule has 1 amide bonds. The second-order valence-electron chi connectivity index (χ2n) is 4.59. The number of rotatable bonds is 2. The van der Waals surface area contributed by atoms with E-state index in [0.29, 0.717) is 0 Å². The number of nitrogens with one attached hydrogen (secondary N) is 3. The Bertz CT molecular complexity index is 747.